The van der Waals surface area contributed by atoms with Gasteiger partial charge in [0, 0.05) is 56.5 Å². The predicted molar refractivity (Wildman–Crippen MR) is 126 cm³/mol. The zero-order chi connectivity index (χ0) is 23.7. The Hall–Kier alpha value is -3.16. The third-order valence-electron chi connectivity index (χ3n) is 6.45. The van der Waals surface area contributed by atoms with Gasteiger partial charge in [0.2, 0.25) is 0 Å². The summed E-state index contributed by atoms with van der Waals surface area (Å²) in [7, 11) is 2.16. The third kappa shape index (κ3) is 5.16. The molecule has 0 radical (unpaired) electrons. The normalized spacial score (nSPS) is 16.9. The maximum Gasteiger partial charge on any atom is 0.573 e. The van der Waals surface area contributed by atoms with Gasteiger partial charge >= 0.3 is 6.36 Å². The molecule has 0 unspecified atom stereocenters. The Morgan fingerprint density at radius 1 is 0.882 bits per heavy atom. The molecule has 1 aliphatic heterocycles. The van der Waals surface area contributed by atoms with Crippen LogP contribution in [0.15, 0.2) is 66.9 Å². The second-order valence-electron chi connectivity index (χ2n) is 8.89. The molecule has 3 aromatic rings. The average Bonchev–Trinajstić information content (AvgIpc) is 3.24. The SMILES string of the molecule is CN1CCN(Cc2ccc(-c3cnc4c(c3)C(c3ccc(OC(F)(F)F)cc3)=CC4)cc2)CC1. The van der Waals surface area contributed by atoms with E-state index in [2.05, 4.69) is 63.0 Å². The lowest BCUT2D eigenvalue weighted by Crippen LogP contribution is -2.43. The van der Waals surface area contributed by atoms with E-state index in [0.717, 1.165) is 66.2 Å². The molecule has 0 bridgehead atoms. The average molecular weight is 466 g/mol. The highest BCUT2D eigenvalue weighted by molar-refractivity contribution is 5.86. The van der Waals surface area contributed by atoms with Crippen molar-refractivity contribution in [2.45, 2.75) is 19.3 Å². The monoisotopic (exact) mass is 465 g/mol. The minimum absolute atomic E-state index is 0.224. The minimum Gasteiger partial charge on any atom is -0.406 e. The lowest BCUT2D eigenvalue weighted by molar-refractivity contribution is -0.274. The van der Waals surface area contributed by atoms with Gasteiger partial charge in [0.1, 0.15) is 5.75 Å². The lowest BCUT2D eigenvalue weighted by Gasteiger charge is -2.32. The Labute approximate surface area is 197 Å². The molecule has 1 saturated heterocycles. The Bertz CT molecular complexity index is 1180. The van der Waals surface area contributed by atoms with Crippen LogP contribution in [0, 0.1) is 0 Å². The summed E-state index contributed by atoms with van der Waals surface area (Å²) in [5, 5.41) is 0. The first kappa shape index (κ1) is 22.6. The van der Waals surface area contributed by atoms with E-state index in [-0.39, 0.29) is 5.75 Å². The Morgan fingerprint density at radius 3 is 2.24 bits per heavy atom. The molecule has 2 aromatic carbocycles. The first-order valence-corrected chi connectivity index (χ1v) is 11.4. The Kier molecular flexibility index (Phi) is 6.15. The van der Waals surface area contributed by atoms with E-state index in [0.29, 0.717) is 6.42 Å². The van der Waals surface area contributed by atoms with Crippen LogP contribution < -0.4 is 4.74 Å². The fourth-order valence-corrected chi connectivity index (χ4v) is 4.53. The smallest absolute Gasteiger partial charge is 0.406 e. The van der Waals surface area contributed by atoms with Gasteiger partial charge in [0.25, 0.3) is 0 Å². The summed E-state index contributed by atoms with van der Waals surface area (Å²) in [5.41, 5.74) is 7.23. The number of halogens is 3. The molecular formula is C27H26F3N3O. The standard InChI is InChI=1S/C27H26F3N3O/c1-32-12-14-33(15-13-32)18-19-2-4-20(5-3-19)22-16-25-24(10-11-26(25)31-17-22)21-6-8-23(9-7-21)34-27(28,29)30/h2-10,16-17H,11-15,18H2,1H3. The lowest BCUT2D eigenvalue weighted by atomic mass is 9.97. The van der Waals surface area contributed by atoms with E-state index < -0.39 is 6.36 Å². The first-order chi connectivity index (χ1) is 16.3. The maximum atomic E-state index is 12.5. The summed E-state index contributed by atoms with van der Waals surface area (Å²) in [6, 6.07) is 16.7. The molecule has 1 aromatic heterocycles. The Balaban J connectivity index is 1.31. The van der Waals surface area contributed by atoms with E-state index in [4.69, 9.17) is 0 Å². The van der Waals surface area contributed by atoms with Crippen molar-refractivity contribution in [1.82, 2.24) is 14.8 Å². The van der Waals surface area contributed by atoms with Gasteiger partial charge in [-0.1, -0.05) is 42.5 Å². The van der Waals surface area contributed by atoms with E-state index in [1.54, 1.807) is 12.1 Å². The summed E-state index contributed by atoms with van der Waals surface area (Å²) in [4.78, 5) is 9.50. The number of hydrogen-bond acceptors (Lipinski definition) is 4. The summed E-state index contributed by atoms with van der Waals surface area (Å²) in [5.74, 6) is -0.224. The molecule has 0 N–H and O–H groups in total. The van der Waals surface area contributed by atoms with E-state index in [9.17, 15) is 13.2 Å². The van der Waals surface area contributed by atoms with Crippen LogP contribution in [0.25, 0.3) is 16.7 Å². The Morgan fingerprint density at radius 2 is 1.56 bits per heavy atom. The molecule has 5 rings (SSSR count). The van der Waals surface area contributed by atoms with Crippen molar-refractivity contribution in [2.24, 2.45) is 0 Å². The molecule has 1 aliphatic carbocycles. The molecule has 4 nitrogen and oxygen atoms in total. The summed E-state index contributed by atoms with van der Waals surface area (Å²) >= 11 is 0. The van der Waals surface area contributed by atoms with E-state index in [1.807, 2.05) is 6.20 Å². The van der Waals surface area contributed by atoms with Gasteiger partial charge in [-0.2, -0.15) is 0 Å². The molecule has 0 saturated carbocycles. The molecule has 7 heteroatoms. The fourth-order valence-electron chi connectivity index (χ4n) is 4.53. The van der Waals surface area contributed by atoms with Gasteiger partial charge in [-0.05, 0) is 47.5 Å². The third-order valence-corrected chi connectivity index (χ3v) is 6.45. The van der Waals surface area contributed by atoms with Crippen LogP contribution in [-0.2, 0) is 13.0 Å². The molecule has 0 spiro atoms. The number of likely N-dealkylation sites (N-methyl/N-ethyl adjacent to an activating group) is 1. The van der Waals surface area contributed by atoms with Crippen molar-refractivity contribution in [3.8, 4) is 16.9 Å². The molecule has 2 heterocycles. The highest BCUT2D eigenvalue weighted by Crippen LogP contribution is 2.35. The summed E-state index contributed by atoms with van der Waals surface area (Å²) in [6.07, 6.45) is -0.0269. The van der Waals surface area contributed by atoms with Crippen LogP contribution in [0.5, 0.6) is 5.75 Å². The highest BCUT2D eigenvalue weighted by Gasteiger charge is 2.31. The largest absolute Gasteiger partial charge is 0.573 e. The predicted octanol–water partition coefficient (Wildman–Crippen LogP) is 5.38. The van der Waals surface area contributed by atoms with Gasteiger partial charge in [-0.25, -0.2) is 0 Å². The van der Waals surface area contributed by atoms with Crippen LogP contribution in [0.4, 0.5) is 13.2 Å². The van der Waals surface area contributed by atoms with Gasteiger partial charge in [0.15, 0.2) is 0 Å². The number of hydrogen-bond donors (Lipinski definition) is 0. The van der Waals surface area contributed by atoms with Gasteiger partial charge in [0.05, 0.1) is 5.69 Å². The van der Waals surface area contributed by atoms with Gasteiger partial charge in [-0.3, -0.25) is 9.88 Å². The topological polar surface area (TPSA) is 28.6 Å². The number of ether oxygens (including phenoxy) is 1. The van der Waals surface area contributed by atoms with Crippen LogP contribution in [0.1, 0.15) is 22.4 Å². The van der Waals surface area contributed by atoms with E-state index in [1.165, 1.54) is 17.7 Å². The van der Waals surface area contributed by atoms with Crippen molar-refractivity contribution in [1.29, 1.82) is 0 Å². The quantitative estimate of drug-likeness (QED) is 0.506. The number of alkyl halides is 3. The van der Waals surface area contributed by atoms with Crippen molar-refractivity contribution >= 4 is 5.57 Å². The number of rotatable bonds is 5. The van der Waals surface area contributed by atoms with Crippen LogP contribution in [0.3, 0.4) is 0 Å². The fraction of sp³-hybridized carbons (Fsp3) is 0.296. The minimum atomic E-state index is -4.69. The van der Waals surface area contributed by atoms with Gasteiger partial charge in [-0.15, -0.1) is 13.2 Å². The highest BCUT2D eigenvalue weighted by atomic mass is 19.4. The summed E-state index contributed by atoms with van der Waals surface area (Å²) in [6.45, 7) is 5.34. The molecule has 1 fully saturated rings. The molecule has 0 amide bonds. The van der Waals surface area contributed by atoms with E-state index >= 15 is 0 Å². The van der Waals surface area contributed by atoms with Crippen LogP contribution in [-0.4, -0.2) is 54.4 Å². The molecule has 0 atom stereocenters. The molecule has 176 valence electrons. The number of pyridine rings is 1. The van der Waals surface area contributed by atoms with Crippen molar-refractivity contribution in [2.75, 3.05) is 33.2 Å². The number of aromatic nitrogens is 1. The van der Waals surface area contributed by atoms with Crippen LogP contribution in [0.2, 0.25) is 0 Å². The van der Waals surface area contributed by atoms with Crippen molar-refractivity contribution in [3.05, 3.63) is 89.3 Å². The number of benzene rings is 2. The van der Waals surface area contributed by atoms with Crippen LogP contribution >= 0.6 is 0 Å². The molecular weight excluding hydrogens is 439 g/mol. The second kappa shape index (κ2) is 9.24. The number of nitrogens with zero attached hydrogens (tertiary/aromatic N) is 3. The zero-order valence-corrected chi connectivity index (χ0v) is 19.0. The van der Waals surface area contributed by atoms with Crippen molar-refractivity contribution < 1.29 is 17.9 Å². The zero-order valence-electron chi connectivity index (χ0n) is 19.0. The van der Waals surface area contributed by atoms with Crippen molar-refractivity contribution in [3.63, 3.8) is 0 Å². The molecule has 34 heavy (non-hydrogen) atoms. The maximum absolute atomic E-state index is 12.5. The number of fused-ring (bicyclic) bond motifs is 1. The molecule has 2 aliphatic rings. The summed E-state index contributed by atoms with van der Waals surface area (Å²) < 4.78 is 41.4. The number of allylic oxidation sites excluding steroid dienone is 1. The first-order valence-electron chi connectivity index (χ1n) is 11.4. The number of piperazine rings is 1. The second-order valence-corrected chi connectivity index (χ2v) is 8.89. The van der Waals surface area contributed by atoms with Gasteiger partial charge < -0.3 is 9.64 Å².